The molecule has 2 nitrogen and oxygen atoms in total. The third-order valence-electron chi connectivity index (χ3n) is 3.08. The van der Waals surface area contributed by atoms with Crippen molar-refractivity contribution in [2.24, 2.45) is 0 Å². The summed E-state index contributed by atoms with van der Waals surface area (Å²) in [5.74, 6) is 0. The van der Waals surface area contributed by atoms with E-state index in [1.165, 1.54) is 36.8 Å². The maximum Gasteiger partial charge on any atom is 0.170 e. The molecule has 0 saturated heterocycles. The molecule has 0 atom stereocenters. The van der Waals surface area contributed by atoms with Crippen molar-refractivity contribution in [1.29, 1.82) is 0 Å². The second-order valence-corrected chi connectivity index (χ2v) is 5.15. The fraction of sp³-hybridized carbons (Fsp3) is 0.533. The molecule has 0 heterocycles. The molecule has 0 spiro atoms. The Morgan fingerprint density at radius 1 is 1.11 bits per heavy atom. The zero-order valence-corrected chi connectivity index (χ0v) is 12.5. The molecular weight excluding hydrogens is 240 g/mol. The summed E-state index contributed by atoms with van der Waals surface area (Å²) in [5, 5.41) is 7.18. The number of nitrogens with one attached hydrogen (secondary N) is 2. The van der Waals surface area contributed by atoms with Crippen LogP contribution in [0.1, 0.15) is 43.7 Å². The smallest absolute Gasteiger partial charge is 0.170 e. The van der Waals surface area contributed by atoms with Gasteiger partial charge in [-0.25, -0.2) is 0 Å². The molecule has 0 aromatic heterocycles. The van der Waals surface area contributed by atoms with Gasteiger partial charge in [-0.05, 0) is 55.7 Å². The molecule has 0 saturated carbocycles. The van der Waals surface area contributed by atoms with Gasteiger partial charge < -0.3 is 10.6 Å². The zero-order valence-electron chi connectivity index (χ0n) is 11.7. The third-order valence-corrected chi connectivity index (χ3v) is 3.33. The van der Waals surface area contributed by atoms with E-state index in [4.69, 9.17) is 12.2 Å². The van der Waals surface area contributed by atoms with Crippen molar-refractivity contribution in [2.75, 3.05) is 11.9 Å². The summed E-state index contributed by atoms with van der Waals surface area (Å²) in [6, 6.07) is 6.30. The number of thiocarbonyl (C=S) groups is 1. The average molecular weight is 264 g/mol. The Balaban J connectivity index is 2.29. The Morgan fingerprint density at radius 3 is 2.56 bits per heavy atom. The van der Waals surface area contributed by atoms with Gasteiger partial charge in [-0.2, -0.15) is 0 Å². The van der Waals surface area contributed by atoms with Gasteiger partial charge in [0.15, 0.2) is 5.11 Å². The number of benzene rings is 1. The normalized spacial score (nSPS) is 10.2. The summed E-state index contributed by atoms with van der Waals surface area (Å²) >= 11 is 5.27. The van der Waals surface area contributed by atoms with Gasteiger partial charge in [0.25, 0.3) is 0 Å². The first-order valence-corrected chi connectivity index (χ1v) is 7.16. The van der Waals surface area contributed by atoms with Crippen LogP contribution >= 0.6 is 12.2 Å². The van der Waals surface area contributed by atoms with Gasteiger partial charge in [0.05, 0.1) is 0 Å². The molecule has 1 aromatic rings. The third kappa shape index (κ3) is 5.50. The average Bonchev–Trinajstić information content (AvgIpc) is 2.34. The summed E-state index contributed by atoms with van der Waals surface area (Å²) in [6.07, 6.45) is 5.03. The Morgan fingerprint density at radius 2 is 1.89 bits per heavy atom. The molecule has 1 rings (SSSR count). The Kier molecular flexibility index (Phi) is 6.73. The van der Waals surface area contributed by atoms with E-state index in [0.717, 1.165) is 17.3 Å². The van der Waals surface area contributed by atoms with E-state index in [-0.39, 0.29) is 0 Å². The van der Waals surface area contributed by atoms with Gasteiger partial charge in [0.2, 0.25) is 0 Å². The second-order valence-electron chi connectivity index (χ2n) is 4.74. The molecule has 3 heteroatoms. The summed E-state index contributed by atoms with van der Waals surface area (Å²) in [6.45, 7) is 7.40. The highest BCUT2D eigenvalue weighted by atomic mass is 32.1. The van der Waals surface area contributed by atoms with Gasteiger partial charge >= 0.3 is 0 Å². The van der Waals surface area contributed by atoms with Crippen LogP contribution < -0.4 is 10.6 Å². The van der Waals surface area contributed by atoms with E-state index >= 15 is 0 Å². The number of rotatable bonds is 6. The molecule has 0 unspecified atom stereocenters. The van der Waals surface area contributed by atoms with Crippen LogP contribution in [0.2, 0.25) is 0 Å². The number of aryl methyl sites for hydroxylation is 2. The lowest BCUT2D eigenvalue weighted by molar-refractivity contribution is 0.655. The summed E-state index contributed by atoms with van der Waals surface area (Å²) in [5.41, 5.74) is 3.65. The van der Waals surface area contributed by atoms with Crippen molar-refractivity contribution in [3.05, 3.63) is 29.3 Å². The molecule has 0 fully saturated rings. The van der Waals surface area contributed by atoms with Gasteiger partial charge in [-0.1, -0.05) is 32.3 Å². The number of anilines is 1. The SMILES string of the molecule is CCCCCCNC(=S)Nc1ccc(C)c(C)c1. The molecule has 0 bridgehead atoms. The van der Waals surface area contributed by atoms with Crippen LogP contribution in [-0.4, -0.2) is 11.7 Å². The predicted molar refractivity (Wildman–Crippen MR) is 84.3 cm³/mol. The lowest BCUT2D eigenvalue weighted by atomic mass is 10.1. The first kappa shape index (κ1) is 15.0. The molecule has 18 heavy (non-hydrogen) atoms. The molecule has 0 aliphatic carbocycles. The lowest BCUT2D eigenvalue weighted by Gasteiger charge is -2.11. The summed E-state index contributed by atoms with van der Waals surface area (Å²) < 4.78 is 0. The fourth-order valence-electron chi connectivity index (χ4n) is 1.75. The minimum atomic E-state index is 0.717. The highest BCUT2D eigenvalue weighted by molar-refractivity contribution is 7.80. The van der Waals surface area contributed by atoms with Crippen LogP contribution in [0.3, 0.4) is 0 Å². The first-order valence-electron chi connectivity index (χ1n) is 6.75. The maximum atomic E-state index is 5.27. The highest BCUT2D eigenvalue weighted by Crippen LogP contribution is 2.13. The van der Waals surface area contributed by atoms with Crippen molar-refractivity contribution >= 4 is 23.0 Å². The van der Waals surface area contributed by atoms with E-state index in [9.17, 15) is 0 Å². The van der Waals surface area contributed by atoms with Gasteiger partial charge in [-0.3, -0.25) is 0 Å². The highest BCUT2D eigenvalue weighted by Gasteiger charge is 1.99. The van der Waals surface area contributed by atoms with Crippen LogP contribution in [0.5, 0.6) is 0 Å². The largest absolute Gasteiger partial charge is 0.362 e. The topological polar surface area (TPSA) is 24.1 Å². The molecule has 2 N–H and O–H groups in total. The van der Waals surface area contributed by atoms with E-state index in [1.54, 1.807) is 0 Å². The van der Waals surface area contributed by atoms with Crippen molar-refractivity contribution < 1.29 is 0 Å². The van der Waals surface area contributed by atoms with Crippen molar-refractivity contribution in [2.45, 2.75) is 46.5 Å². The molecule has 100 valence electrons. The predicted octanol–water partition coefficient (Wildman–Crippen LogP) is 4.17. The molecule has 1 aromatic carbocycles. The van der Waals surface area contributed by atoms with E-state index in [1.807, 2.05) is 0 Å². The van der Waals surface area contributed by atoms with Crippen LogP contribution in [-0.2, 0) is 0 Å². The second kappa shape index (κ2) is 8.09. The molecule has 0 aliphatic rings. The van der Waals surface area contributed by atoms with E-state index in [2.05, 4.69) is 49.6 Å². The molecule has 0 amide bonds. The molecular formula is C15H24N2S. The monoisotopic (exact) mass is 264 g/mol. The number of hydrogen-bond acceptors (Lipinski definition) is 1. The fourth-order valence-corrected chi connectivity index (χ4v) is 1.97. The minimum absolute atomic E-state index is 0.717. The van der Waals surface area contributed by atoms with Gasteiger partial charge in [0.1, 0.15) is 0 Å². The molecule has 0 radical (unpaired) electrons. The lowest BCUT2D eigenvalue weighted by Crippen LogP contribution is -2.29. The Labute approximate surface area is 116 Å². The van der Waals surface area contributed by atoms with Crippen molar-refractivity contribution in [3.63, 3.8) is 0 Å². The van der Waals surface area contributed by atoms with E-state index in [0.29, 0.717) is 0 Å². The van der Waals surface area contributed by atoms with Gasteiger partial charge in [-0.15, -0.1) is 0 Å². The number of unbranched alkanes of at least 4 members (excludes halogenated alkanes) is 3. The van der Waals surface area contributed by atoms with Crippen molar-refractivity contribution in [3.8, 4) is 0 Å². The minimum Gasteiger partial charge on any atom is -0.362 e. The zero-order chi connectivity index (χ0) is 13.4. The maximum absolute atomic E-state index is 5.27. The van der Waals surface area contributed by atoms with Crippen LogP contribution in [0.15, 0.2) is 18.2 Å². The quantitative estimate of drug-likeness (QED) is 0.595. The molecule has 0 aliphatic heterocycles. The van der Waals surface area contributed by atoms with Crippen LogP contribution in [0.4, 0.5) is 5.69 Å². The standard InChI is InChI=1S/C15H24N2S/c1-4-5-6-7-10-16-15(18)17-14-9-8-12(2)13(3)11-14/h8-9,11H,4-7,10H2,1-3H3,(H2,16,17,18). The van der Waals surface area contributed by atoms with Crippen molar-refractivity contribution in [1.82, 2.24) is 5.32 Å². The van der Waals surface area contributed by atoms with E-state index < -0.39 is 0 Å². The Bertz CT molecular complexity index is 388. The first-order chi connectivity index (χ1) is 8.63. The summed E-state index contributed by atoms with van der Waals surface area (Å²) in [7, 11) is 0. The van der Waals surface area contributed by atoms with Crippen LogP contribution in [0, 0.1) is 13.8 Å². The number of hydrogen-bond donors (Lipinski definition) is 2. The summed E-state index contributed by atoms with van der Waals surface area (Å²) in [4.78, 5) is 0. The Hall–Kier alpha value is -1.09. The van der Waals surface area contributed by atoms with Crippen LogP contribution in [0.25, 0.3) is 0 Å². The van der Waals surface area contributed by atoms with Gasteiger partial charge in [0, 0.05) is 12.2 Å².